The summed E-state index contributed by atoms with van der Waals surface area (Å²) in [6.45, 7) is 1.81. The Morgan fingerprint density at radius 2 is 2.12 bits per heavy atom. The van der Waals surface area contributed by atoms with Crippen molar-refractivity contribution in [3.8, 4) is 5.75 Å². The van der Waals surface area contributed by atoms with E-state index in [0.29, 0.717) is 12.0 Å². The van der Waals surface area contributed by atoms with Gasteiger partial charge in [0, 0.05) is 23.5 Å². The van der Waals surface area contributed by atoms with E-state index in [1.165, 1.54) is 11.1 Å². The van der Waals surface area contributed by atoms with Gasteiger partial charge in [0.25, 0.3) is 0 Å². The summed E-state index contributed by atoms with van der Waals surface area (Å²) in [7, 11) is 1.65. The van der Waals surface area contributed by atoms with Crippen LogP contribution in [0.2, 0.25) is 0 Å². The topological polar surface area (TPSA) is 41.9 Å². The fraction of sp³-hybridized carbons (Fsp3) is 0.333. The van der Waals surface area contributed by atoms with Gasteiger partial charge >= 0.3 is 0 Å². The molecule has 134 valence electrons. The van der Waals surface area contributed by atoms with Crippen LogP contribution in [-0.4, -0.2) is 23.7 Å². The summed E-state index contributed by atoms with van der Waals surface area (Å²) in [5.74, 6) is 0.440. The van der Waals surface area contributed by atoms with E-state index in [2.05, 4.69) is 5.10 Å². The molecule has 1 aliphatic heterocycles. The third-order valence-electron chi connectivity index (χ3n) is 5.31. The van der Waals surface area contributed by atoms with Gasteiger partial charge in [0.05, 0.1) is 18.9 Å². The third-order valence-corrected chi connectivity index (χ3v) is 5.31. The Hall–Kier alpha value is -2.69. The number of hydrazone groups is 1. The number of rotatable bonds is 3. The lowest BCUT2D eigenvalue weighted by atomic mass is 9.77. The summed E-state index contributed by atoms with van der Waals surface area (Å²) < 4.78 is 19.9. The number of benzene rings is 2. The Morgan fingerprint density at radius 3 is 2.85 bits per heavy atom. The van der Waals surface area contributed by atoms with E-state index in [-0.39, 0.29) is 23.7 Å². The Balaban J connectivity index is 1.81. The van der Waals surface area contributed by atoms with Crippen LogP contribution in [0.25, 0.3) is 0 Å². The van der Waals surface area contributed by atoms with Crippen molar-refractivity contribution in [3.05, 3.63) is 65.0 Å². The van der Waals surface area contributed by atoms with E-state index in [1.54, 1.807) is 19.2 Å². The number of hydrogen-bond donors (Lipinski definition) is 0. The zero-order valence-corrected chi connectivity index (χ0v) is 14.9. The first-order chi connectivity index (χ1) is 12.6. The number of amides is 1. The van der Waals surface area contributed by atoms with Gasteiger partial charge in [-0.05, 0) is 42.7 Å². The number of ether oxygens (including phenoxy) is 1. The number of aryl methyl sites for hydroxylation is 1. The van der Waals surface area contributed by atoms with Crippen molar-refractivity contribution in [2.24, 2.45) is 11.0 Å². The molecular weight excluding hydrogens is 331 g/mol. The molecular formula is C21H21FN2O2. The van der Waals surface area contributed by atoms with Crippen LogP contribution in [0.5, 0.6) is 5.75 Å². The average Bonchev–Trinajstić information content (AvgIpc) is 3.07. The molecule has 0 radical (unpaired) electrons. The second kappa shape index (κ2) is 6.56. The Morgan fingerprint density at radius 1 is 1.31 bits per heavy atom. The van der Waals surface area contributed by atoms with Crippen LogP contribution in [0.15, 0.2) is 47.6 Å². The second-order valence-corrected chi connectivity index (χ2v) is 6.71. The lowest BCUT2D eigenvalue weighted by Crippen LogP contribution is -2.32. The first-order valence-electron chi connectivity index (χ1n) is 8.96. The number of carbonyl (C=O) groups excluding carboxylic acids is 1. The zero-order chi connectivity index (χ0) is 18.3. The largest absolute Gasteiger partial charge is 0.497 e. The summed E-state index contributed by atoms with van der Waals surface area (Å²) in [5, 5.41) is 6.17. The molecule has 2 atom stereocenters. The molecule has 4 nitrogen and oxygen atoms in total. The molecule has 2 aromatic carbocycles. The molecule has 0 aromatic heterocycles. The first kappa shape index (κ1) is 16.8. The van der Waals surface area contributed by atoms with Crippen molar-refractivity contribution in [2.75, 3.05) is 7.11 Å². The van der Waals surface area contributed by atoms with Crippen LogP contribution >= 0.6 is 0 Å². The molecule has 0 unspecified atom stereocenters. The molecule has 0 spiro atoms. The molecule has 0 bridgehead atoms. The summed E-state index contributed by atoms with van der Waals surface area (Å²) in [5.41, 5.74) is 3.62. The third kappa shape index (κ3) is 2.59. The molecule has 4 rings (SSSR count). The highest BCUT2D eigenvalue weighted by molar-refractivity contribution is 6.07. The van der Waals surface area contributed by atoms with E-state index < -0.39 is 0 Å². The Labute approximate surface area is 152 Å². The van der Waals surface area contributed by atoms with Crippen molar-refractivity contribution < 1.29 is 13.9 Å². The smallest absolute Gasteiger partial charge is 0.242 e. The molecule has 0 saturated heterocycles. The molecule has 0 saturated carbocycles. The molecule has 5 heteroatoms. The minimum atomic E-state index is -0.381. The number of halogens is 1. The van der Waals surface area contributed by atoms with E-state index in [4.69, 9.17) is 4.74 Å². The van der Waals surface area contributed by atoms with Crippen LogP contribution in [0, 0.1) is 11.7 Å². The average molecular weight is 352 g/mol. The summed E-state index contributed by atoms with van der Waals surface area (Å²) in [6, 6.07) is 12.2. The fourth-order valence-corrected chi connectivity index (χ4v) is 4.02. The van der Waals surface area contributed by atoms with Crippen molar-refractivity contribution in [2.45, 2.75) is 32.2 Å². The molecule has 2 aliphatic rings. The van der Waals surface area contributed by atoms with Crippen LogP contribution in [0.4, 0.5) is 4.39 Å². The van der Waals surface area contributed by atoms with Gasteiger partial charge in [-0.2, -0.15) is 5.10 Å². The number of methoxy groups -OCH3 is 1. The highest BCUT2D eigenvalue weighted by Crippen LogP contribution is 2.44. The van der Waals surface area contributed by atoms with Gasteiger partial charge in [-0.3, -0.25) is 4.79 Å². The molecule has 1 aliphatic carbocycles. The van der Waals surface area contributed by atoms with Gasteiger partial charge in [-0.25, -0.2) is 9.40 Å². The summed E-state index contributed by atoms with van der Waals surface area (Å²) in [6.07, 6.45) is 2.02. The second-order valence-electron chi connectivity index (χ2n) is 6.71. The van der Waals surface area contributed by atoms with Crippen LogP contribution in [0.3, 0.4) is 0 Å². The fourth-order valence-electron chi connectivity index (χ4n) is 4.02. The SMILES string of the molecule is CCC(=O)N1N=C2c3ccc(OC)cc3CC[C@H]2[C@H]1c1ccccc1F. The normalized spacial score (nSPS) is 21.0. The van der Waals surface area contributed by atoms with Crippen molar-refractivity contribution >= 4 is 11.6 Å². The van der Waals surface area contributed by atoms with Gasteiger partial charge in [-0.1, -0.05) is 25.1 Å². The van der Waals surface area contributed by atoms with E-state index in [0.717, 1.165) is 35.4 Å². The standard InChI is InChI=1S/C21H21FN2O2/c1-3-19(25)24-21(16-6-4-5-7-18(16)22)17-10-8-13-12-14(26-2)9-11-15(13)20(17)23-24/h4-7,9,11-12,17,21H,3,8,10H2,1-2H3/t17-,21-/m1/s1. The maximum absolute atomic E-state index is 14.5. The van der Waals surface area contributed by atoms with Gasteiger partial charge < -0.3 is 4.74 Å². The van der Waals surface area contributed by atoms with Gasteiger partial charge in [-0.15, -0.1) is 0 Å². The van der Waals surface area contributed by atoms with Crippen LogP contribution in [0.1, 0.15) is 42.5 Å². The minimum absolute atomic E-state index is 0.00305. The number of nitrogens with zero attached hydrogens (tertiary/aromatic N) is 2. The molecule has 2 aromatic rings. The molecule has 0 N–H and O–H groups in total. The lowest BCUT2D eigenvalue weighted by Gasteiger charge is -2.29. The van der Waals surface area contributed by atoms with Gasteiger partial charge in [0.15, 0.2) is 0 Å². The zero-order valence-electron chi connectivity index (χ0n) is 14.9. The summed E-state index contributed by atoms with van der Waals surface area (Å²) in [4.78, 5) is 12.5. The first-order valence-corrected chi connectivity index (χ1v) is 8.96. The predicted octanol–water partition coefficient (Wildman–Crippen LogP) is 4.09. The maximum Gasteiger partial charge on any atom is 0.242 e. The lowest BCUT2D eigenvalue weighted by molar-refractivity contribution is -0.133. The number of carbonyl (C=O) groups is 1. The molecule has 0 fully saturated rings. The number of hydrogen-bond acceptors (Lipinski definition) is 3. The molecule has 1 heterocycles. The van der Waals surface area contributed by atoms with Gasteiger partial charge in [0.2, 0.25) is 5.91 Å². The highest BCUT2D eigenvalue weighted by atomic mass is 19.1. The minimum Gasteiger partial charge on any atom is -0.497 e. The number of fused-ring (bicyclic) bond motifs is 3. The molecule has 1 amide bonds. The van der Waals surface area contributed by atoms with Gasteiger partial charge in [0.1, 0.15) is 11.6 Å². The summed E-state index contributed by atoms with van der Waals surface area (Å²) >= 11 is 0. The Bertz CT molecular complexity index is 893. The maximum atomic E-state index is 14.5. The van der Waals surface area contributed by atoms with Crippen LogP contribution < -0.4 is 4.74 Å². The van der Waals surface area contributed by atoms with Crippen molar-refractivity contribution in [3.63, 3.8) is 0 Å². The quantitative estimate of drug-likeness (QED) is 0.835. The monoisotopic (exact) mass is 352 g/mol. The highest BCUT2D eigenvalue weighted by Gasteiger charge is 2.44. The van der Waals surface area contributed by atoms with E-state index >= 15 is 0 Å². The van der Waals surface area contributed by atoms with E-state index in [9.17, 15) is 9.18 Å². The Kier molecular flexibility index (Phi) is 4.23. The van der Waals surface area contributed by atoms with Crippen LogP contribution in [-0.2, 0) is 11.2 Å². The predicted molar refractivity (Wildman–Crippen MR) is 97.6 cm³/mol. The molecule has 26 heavy (non-hydrogen) atoms. The van der Waals surface area contributed by atoms with Crippen molar-refractivity contribution in [1.29, 1.82) is 0 Å². The van der Waals surface area contributed by atoms with E-state index in [1.807, 2.05) is 31.2 Å². The van der Waals surface area contributed by atoms with Crippen molar-refractivity contribution in [1.82, 2.24) is 5.01 Å².